The first-order valence-electron chi connectivity index (χ1n) is 10.2. The molecule has 0 atom stereocenters. The predicted molar refractivity (Wildman–Crippen MR) is 121 cm³/mol. The van der Waals surface area contributed by atoms with Crippen molar-refractivity contribution in [1.82, 2.24) is 9.47 Å². The molecule has 0 bridgehead atoms. The molecule has 152 valence electrons. The summed E-state index contributed by atoms with van der Waals surface area (Å²) in [7, 11) is 0. The zero-order chi connectivity index (χ0) is 20.2. The Kier molecular flexibility index (Phi) is 6.02. The maximum atomic E-state index is 12.9. The number of aromatic nitrogens is 1. The number of anilines is 2. The first-order valence-corrected chi connectivity index (χ1v) is 11.1. The Morgan fingerprint density at radius 1 is 1.10 bits per heavy atom. The third kappa shape index (κ3) is 4.54. The molecule has 1 aliphatic rings. The van der Waals surface area contributed by atoms with E-state index in [0.29, 0.717) is 5.69 Å². The van der Waals surface area contributed by atoms with Gasteiger partial charge in [0.15, 0.2) is 0 Å². The number of hydrogen-bond donors (Lipinski definition) is 1. The second-order valence-corrected chi connectivity index (χ2v) is 8.51. The van der Waals surface area contributed by atoms with Crippen LogP contribution in [0.4, 0.5) is 11.4 Å². The van der Waals surface area contributed by atoms with Crippen LogP contribution in [0, 0.1) is 6.92 Å². The molecule has 1 fully saturated rings. The second kappa shape index (κ2) is 8.84. The van der Waals surface area contributed by atoms with E-state index >= 15 is 0 Å². The van der Waals surface area contributed by atoms with Crippen LogP contribution in [-0.2, 0) is 6.54 Å². The first kappa shape index (κ1) is 19.7. The van der Waals surface area contributed by atoms with E-state index in [0.717, 1.165) is 50.5 Å². The van der Waals surface area contributed by atoms with Gasteiger partial charge in [-0.15, -0.1) is 11.3 Å². The van der Waals surface area contributed by atoms with E-state index < -0.39 is 0 Å². The van der Waals surface area contributed by atoms with E-state index in [1.807, 2.05) is 35.0 Å². The van der Waals surface area contributed by atoms with Gasteiger partial charge in [0.2, 0.25) is 0 Å². The third-order valence-corrected chi connectivity index (χ3v) is 6.47. The number of nitrogens with zero attached hydrogens (tertiary/aromatic N) is 3. The topological polar surface area (TPSA) is 40.5 Å². The minimum Gasteiger partial charge on any atom is -0.369 e. The largest absolute Gasteiger partial charge is 0.369 e. The van der Waals surface area contributed by atoms with Crippen molar-refractivity contribution in [1.29, 1.82) is 0 Å². The van der Waals surface area contributed by atoms with E-state index in [1.165, 1.54) is 10.6 Å². The number of nitrogens with one attached hydrogen (secondary N) is 1. The van der Waals surface area contributed by atoms with Gasteiger partial charge in [0.05, 0.1) is 6.54 Å². The minimum atomic E-state index is -0.0704. The van der Waals surface area contributed by atoms with Gasteiger partial charge in [-0.3, -0.25) is 4.79 Å². The summed E-state index contributed by atoms with van der Waals surface area (Å²) in [5, 5.41) is 5.16. The smallest absolute Gasteiger partial charge is 0.272 e. The Balaban J connectivity index is 1.43. The molecule has 0 saturated carbocycles. The number of likely N-dealkylation sites (N-methyl/N-ethyl adjacent to an activating group) is 1. The fourth-order valence-electron chi connectivity index (χ4n) is 3.82. The van der Waals surface area contributed by atoms with Gasteiger partial charge >= 0.3 is 0 Å². The summed E-state index contributed by atoms with van der Waals surface area (Å²) in [6, 6.07) is 14.3. The highest BCUT2D eigenvalue weighted by Gasteiger charge is 2.17. The van der Waals surface area contributed by atoms with Gasteiger partial charge in [0, 0.05) is 48.6 Å². The fraction of sp³-hybridized carbons (Fsp3) is 0.348. The third-order valence-electron chi connectivity index (χ3n) is 5.61. The molecule has 1 amide bonds. The van der Waals surface area contributed by atoms with Gasteiger partial charge in [-0.2, -0.15) is 0 Å². The van der Waals surface area contributed by atoms with Gasteiger partial charge in [-0.1, -0.05) is 13.0 Å². The normalized spacial score (nSPS) is 14.9. The maximum absolute atomic E-state index is 12.9. The zero-order valence-corrected chi connectivity index (χ0v) is 17.9. The molecule has 5 nitrogen and oxygen atoms in total. The molecule has 0 aliphatic carbocycles. The van der Waals surface area contributed by atoms with E-state index in [4.69, 9.17) is 0 Å². The summed E-state index contributed by atoms with van der Waals surface area (Å²) in [6.07, 6.45) is 1.96. The summed E-state index contributed by atoms with van der Waals surface area (Å²) in [5.41, 5.74) is 3.87. The second-order valence-electron chi connectivity index (χ2n) is 7.48. The highest BCUT2D eigenvalue weighted by Crippen LogP contribution is 2.24. The van der Waals surface area contributed by atoms with Crippen molar-refractivity contribution >= 4 is 28.6 Å². The maximum Gasteiger partial charge on any atom is 0.272 e. The molecule has 3 aromatic rings. The SMILES string of the molecule is CCN1CCN(c2ccc(NC(=O)c3cccn3Cc3cccs3)c(C)c2)CC1. The fourth-order valence-corrected chi connectivity index (χ4v) is 4.52. The van der Waals surface area contributed by atoms with Crippen molar-refractivity contribution in [2.24, 2.45) is 0 Å². The Bertz CT molecular complexity index is 955. The number of thiophene rings is 1. The molecule has 6 heteroatoms. The molecule has 4 rings (SSSR count). The molecule has 0 radical (unpaired) electrons. The Morgan fingerprint density at radius 3 is 2.62 bits per heavy atom. The van der Waals surface area contributed by atoms with Crippen molar-refractivity contribution in [3.63, 3.8) is 0 Å². The highest BCUT2D eigenvalue weighted by atomic mass is 32.1. The number of carbonyl (C=O) groups is 1. The summed E-state index contributed by atoms with van der Waals surface area (Å²) in [5.74, 6) is -0.0704. The van der Waals surface area contributed by atoms with Crippen LogP contribution in [0.3, 0.4) is 0 Å². The number of benzene rings is 1. The molecule has 1 aliphatic heterocycles. The summed E-state index contributed by atoms with van der Waals surface area (Å²) in [6.45, 7) is 10.4. The quantitative estimate of drug-likeness (QED) is 0.661. The number of amides is 1. The van der Waals surface area contributed by atoms with Crippen molar-refractivity contribution < 1.29 is 4.79 Å². The molecular formula is C23H28N4OS. The van der Waals surface area contributed by atoms with Crippen molar-refractivity contribution in [2.75, 3.05) is 42.9 Å². The molecular weight excluding hydrogens is 380 g/mol. The number of carbonyl (C=O) groups excluding carboxylic acids is 1. The highest BCUT2D eigenvalue weighted by molar-refractivity contribution is 7.09. The average molecular weight is 409 g/mol. The summed E-state index contributed by atoms with van der Waals surface area (Å²) in [4.78, 5) is 19.0. The van der Waals surface area contributed by atoms with Crippen LogP contribution in [-0.4, -0.2) is 48.1 Å². The molecule has 1 saturated heterocycles. The predicted octanol–water partition coefficient (Wildman–Crippen LogP) is 4.30. The summed E-state index contributed by atoms with van der Waals surface area (Å²) < 4.78 is 2.00. The molecule has 1 N–H and O–H groups in total. The monoisotopic (exact) mass is 408 g/mol. The number of aryl methyl sites for hydroxylation is 1. The Labute approximate surface area is 176 Å². The standard InChI is InChI=1S/C23H28N4OS/c1-3-25-11-13-26(14-12-25)19-8-9-21(18(2)16-19)24-23(28)22-7-4-10-27(22)17-20-6-5-15-29-20/h4-10,15-16H,3,11-14,17H2,1-2H3,(H,24,28). The minimum absolute atomic E-state index is 0.0704. The molecule has 3 heterocycles. The average Bonchev–Trinajstić information content (AvgIpc) is 3.42. The molecule has 0 unspecified atom stereocenters. The lowest BCUT2D eigenvalue weighted by Gasteiger charge is -2.35. The number of rotatable bonds is 6. The van der Waals surface area contributed by atoms with E-state index in [2.05, 4.69) is 52.5 Å². The van der Waals surface area contributed by atoms with Gasteiger partial charge in [0.25, 0.3) is 5.91 Å². The lowest BCUT2D eigenvalue weighted by Crippen LogP contribution is -2.46. The Hall–Kier alpha value is -2.57. The zero-order valence-electron chi connectivity index (χ0n) is 17.1. The van der Waals surface area contributed by atoms with Gasteiger partial charge in [-0.05, 0) is 60.8 Å². The molecule has 1 aromatic carbocycles. The van der Waals surface area contributed by atoms with Gasteiger partial charge in [0.1, 0.15) is 5.69 Å². The van der Waals surface area contributed by atoms with E-state index in [1.54, 1.807) is 11.3 Å². The molecule has 2 aromatic heterocycles. The lowest BCUT2D eigenvalue weighted by atomic mass is 10.1. The van der Waals surface area contributed by atoms with Crippen molar-refractivity contribution in [2.45, 2.75) is 20.4 Å². The first-order chi connectivity index (χ1) is 14.1. The van der Waals surface area contributed by atoms with Crippen molar-refractivity contribution in [3.8, 4) is 0 Å². The van der Waals surface area contributed by atoms with E-state index in [-0.39, 0.29) is 5.91 Å². The van der Waals surface area contributed by atoms with E-state index in [9.17, 15) is 4.79 Å². The van der Waals surface area contributed by atoms with Gasteiger partial charge in [-0.25, -0.2) is 0 Å². The van der Waals surface area contributed by atoms with Crippen LogP contribution in [0.15, 0.2) is 54.0 Å². The number of piperazine rings is 1. The Morgan fingerprint density at radius 2 is 1.93 bits per heavy atom. The molecule has 29 heavy (non-hydrogen) atoms. The van der Waals surface area contributed by atoms with Crippen LogP contribution >= 0.6 is 11.3 Å². The van der Waals surface area contributed by atoms with Crippen LogP contribution < -0.4 is 10.2 Å². The van der Waals surface area contributed by atoms with Crippen LogP contribution in [0.2, 0.25) is 0 Å². The summed E-state index contributed by atoms with van der Waals surface area (Å²) >= 11 is 1.70. The lowest BCUT2D eigenvalue weighted by molar-refractivity contribution is 0.101. The van der Waals surface area contributed by atoms with Crippen molar-refractivity contribution in [3.05, 3.63) is 70.2 Å². The van der Waals surface area contributed by atoms with Gasteiger partial charge < -0.3 is 19.7 Å². The number of hydrogen-bond acceptors (Lipinski definition) is 4. The van der Waals surface area contributed by atoms with Crippen LogP contribution in [0.25, 0.3) is 0 Å². The van der Waals surface area contributed by atoms with Crippen LogP contribution in [0.1, 0.15) is 27.9 Å². The molecule has 0 spiro atoms. The van der Waals surface area contributed by atoms with Crippen LogP contribution in [0.5, 0.6) is 0 Å².